The zero-order valence-corrected chi connectivity index (χ0v) is 10.4. The van der Waals surface area contributed by atoms with Crippen molar-refractivity contribution >= 4 is 0 Å². The minimum Gasteiger partial charge on any atom is -0.490 e. The minimum absolute atomic E-state index is 0.0180. The van der Waals surface area contributed by atoms with Crippen molar-refractivity contribution in [1.29, 1.82) is 0 Å². The molecule has 3 nitrogen and oxygen atoms in total. The van der Waals surface area contributed by atoms with E-state index in [9.17, 15) is 0 Å². The highest BCUT2D eigenvalue weighted by atomic mass is 16.5. The van der Waals surface area contributed by atoms with Crippen LogP contribution in [-0.2, 0) is 4.74 Å². The smallest absolute Gasteiger partial charge is 0.119 e. The Morgan fingerprint density at radius 3 is 2.41 bits per heavy atom. The van der Waals surface area contributed by atoms with E-state index in [1.165, 1.54) is 25.7 Å². The molecule has 2 N–H and O–H groups in total. The number of hydrogen-bond acceptors (Lipinski definition) is 3. The van der Waals surface area contributed by atoms with Crippen LogP contribution in [0.2, 0.25) is 0 Å². The molecule has 0 amide bonds. The van der Waals surface area contributed by atoms with Crippen LogP contribution < -0.4 is 10.5 Å². The summed E-state index contributed by atoms with van der Waals surface area (Å²) < 4.78 is 11.2. The number of methoxy groups -OCH3 is 1. The zero-order valence-electron chi connectivity index (χ0n) is 10.4. The van der Waals surface area contributed by atoms with E-state index >= 15 is 0 Å². The van der Waals surface area contributed by atoms with Crippen LogP contribution in [0, 0.1) is 0 Å². The average molecular weight is 235 g/mol. The predicted molar refractivity (Wildman–Crippen MR) is 68.1 cm³/mol. The SMILES string of the molecule is COC(CN)c1ccc(OC2CCCC2)cc1. The summed E-state index contributed by atoms with van der Waals surface area (Å²) in [6, 6.07) is 8.08. The molecule has 0 spiro atoms. The lowest BCUT2D eigenvalue weighted by molar-refractivity contribution is 0.110. The summed E-state index contributed by atoms with van der Waals surface area (Å²) >= 11 is 0. The van der Waals surface area contributed by atoms with Crippen molar-refractivity contribution in [2.45, 2.75) is 37.9 Å². The molecule has 1 aromatic rings. The van der Waals surface area contributed by atoms with E-state index < -0.39 is 0 Å². The quantitative estimate of drug-likeness (QED) is 0.853. The van der Waals surface area contributed by atoms with Crippen LogP contribution in [0.1, 0.15) is 37.4 Å². The Bertz CT molecular complexity index is 327. The Morgan fingerprint density at radius 1 is 1.24 bits per heavy atom. The van der Waals surface area contributed by atoms with Crippen LogP contribution in [-0.4, -0.2) is 19.8 Å². The molecular weight excluding hydrogens is 214 g/mol. The molecule has 0 radical (unpaired) electrons. The third kappa shape index (κ3) is 3.20. The van der Waals surface area contributed by atoms with E-state index in [2.05, 4.69) is 0 Å². The number of rotatable bonds is 5. The number of hydrogen-bond donors (Lipinski definition) is 1. The lowest BCUT2D eigenvalue weighted by Crippen LogP contribution is -2.14. The standard InChI is InChI=1S/C14H21NO2/c1-16-14(10-15)11-6-8-13(9-7-11)17-12-4-2-3-5-12/h6-9,12,14H,2-5,10,15H2,1H3. The Morgan fingerprint density at radius 2 is 1.88 bits per heavy atom. The summed E-state index contributed by atoms with van der Waals surface area (Å²) in [6.45, 7) is 0.499. The maximum Gasteiger partial charge on any atom is 0.119 e. The van der Waals surface area contributed by atoms with Gasteiger partial charge in [-0.1, -0.05) is 12.1 Å². The van der Waals surface area contributed by atoms with Crippen molar-refractivity contribution in [3.8, 4) is 5.75 Å². The van der Waals surface area contributed by atoms with Gasteiger partial charge in [0.1, 0.15) is 5.75 Å². The second kappa shape index (κ2) is 6.03. The predicted octanol–water partition coefficient (Wildman–Crippen LogP) is 2.65. The molecular formula is C14H21NO2. The van der Waals surface area contributed by atoms with Gasteiger partial charge in [0.05, 0.1) is 12.2 Å². The molecule has 1 unspecified atom stereocenters. The van der Waals surface area contributed by atoms with Gasteiger partial charge in [-0.05, 0) is 43.4 Å². The van der Waals surface area contributed by atoms with Crippen molar-refractivity contribution in [2.24, 2.45) is 5.73 Å². The molecule has 1 aliphatic rings. The van der Waals surface area contributed by atoms with Gasteiger partial charge in [-0.2, -0.15) is 0 Å². The highest BCUT2D eigenvalue weighted by molar-refractivity contribution is 5.29. The molecule has 1 atom stereocenters. The van der Waals surface area contributed by atoms with Gasteiger partial charge in [0.15, 0.2) is 0 Å². The van der Waals surface area contributed by atoms with Gasteiger partial charge in [0.2, 0.25) is 0 Å². The summed E-state index contributed by atoms with van der Waals surface area (Å²) in [4.78, 5) is 0. The van der Waals surface area contributed by atoms with Crippen LogP contribution in [0.25, 0.3) is 0 Å². The summed E-state index contributed by atoms with van der Waals surface area (Å²) in [5.74, 6) is 0.951. The molecule has 1 fully saturated rings. The number of benzene rings is 1. The third-order valence-electron chi connectivity index (χ3n) is 3.36. The second-order valence-corrected chi connectivity index (χ2v) is 4.55. The van der Waals surface area contributed by atoms with Crippen molar-refractivity contribution in [3.05, 3.63) is 29.8 Å². The largest absolute Gasteiger partial charge is 0.490 e. The molecule has 0 bridgehead atoms. The van der Waals surface area contributed by atoms with E-state index in [4.69, 9.17) is 15.2 Å². The molecule has 94 valence electrons. The normalized spacial score (nSPS) is 18.2. The molecule has 1 aromatic carbocycles. The number of nitrogens with two attached hydrogens (primary N) is 1. The highest BCUT2D eigenvalue weighted by Crippen LogP contribution is 2.25. The Labute approximate surface area is 103 Å². The van der Waals surface area contributed by atoms with Crippen molar-refractivity contribution in [3.63, 3.8) is 0 Å². The summed E-state index contributed by atoms with van der Waals surface area (Å²) in [5.41, 5.74) is 6.73. The molecule has 3 heteroatoms. The van der Waals surface area contributed by atoms with E-state index in [-0.39, 0.29) is 6.10 Å². The van der Waals surface area contributed by atoms with Gasteiger partial charge >= 0.3 is 0 Å². The molecule has 2 rings (SSSR count). The van der Waals surface area contributed by atoms with Gasteiger partial charge in [-0.3, -0.25) is 0 Å². The maximum atomic E-state index is 5.91. The van der Waals surface area contributed by atoms with Gasteiger partial charge < -0.3 is 15.2 Å². The van der Waals surface area contributed by atoms with Crippen LogP contribution in [0.4, 0.5) is 0 Å². The molecule has 0 heterocycles. The van der Waals surface area contributed by atoms with Crippen molar-refractivity contribution in [2.75, 3.05) is 13.7 Å². The maximum absolute atomic E-state index is 5.91. The first-order valence-electron chi connectivity index (χ1n) is 6.33. The van der Waals surface area contributed by atoms with Gasteiger partial charge in [-0.15, -0.1) is 0 Å². The van der Waals surface area contributed by atoms with Crippen molar-refractivity contribution < 1.29 is 9.47 Å². The lowest BCUT2D eigenvalue weighted by Gasteiger charge is -2.16. The monoisotopic (exact) mass is 235 g/mol. The summed E-state index contributed by atoms with van der Waals surface area (Å²) in [7, 11) is 1.68. The molecule has 0 aliphatic heterocycles. The molecule has 1 saturated carbocycles. The average Bonchev–Trinajstić information content (AvgIpc) is 2.86. The first-order valence-corrected chi connectivity index (χ1v) is 6.33. The fourth-order valence-electron chi connectivity index (χ4n) is 2.33. The van der Waals surface area contributed by atoms with Gasteiger partial charge in [-0.25, -0.2) is 0 Å². The first kappa shape index (κ1) is 12.4. The molecule has 0 saturated heterocycles. The second-order valence-electron chi connectivity index (χ2n) is 4.55. The fraction of sp³-hybridized carbons (Fsp3) is 0.571. The Hall–Kier alpha value is -1.06. The van der Waals surface area contributed by atoms with Crippen molar-refractivity contribution in [1.82, 2.24) is 0 Å². The summed E-state index contributed by atoms with van der Waals surface area (Å²) in [5, 5.41) is 0. The van der Waals surface area contributed by atoms with Gasteiger partial charge in [0, 0.05) is 13.7 Å². The van der Waals surface area contributed by atoms with Crippen LogP contribution in [0.3, 0.4) is 0 Å². The van der Waals surface area contributed by atoms with E-state index in [1.807, 2.05) is 24.3 Å². The third-order valence-corrected chi connectivity index (χ3v) is 3.36. The van der Waals surface area contributed by atoms with E-state index in [0.29, 0.717) is 12.6 Å². The van der Waals surface area contributed by atoms with Gasteiger partial charge in [0.25, 0.3) is 0 Å². The van der Waals surface area contributed by atoms with E-state index in [1.54, 1.807) is 7.11 Å². The first-order chi connectivity index (χ1) is 8.33. The van der Waals surface area contributed by atoms with Crippen LogP contribution >= 0.6 is 0 Å². The van der Waals surface area contributed by atoms with E-state index in [0.717, 1.165) is 11.3 Å². The topological polar surface area (TPSA) is 44.5 Å². The zero-order chi connectivity index (χ0) is 12.1. The number of ether oxygens (including phenoxy) is 2. The Kier molecular flexibility index (Phi) is 4.40. The summed E-state index contributed by atoms with van der Waals surface area (Å²) in [6.07, 6.45) is 5.35. The lowest BCUT2D eigenvalue weighted by atomic mass is 10.1. The van der Waals surface area contributed by atoms with Crippen LogP contribution in [0.15, 0.2) is 24.3 Å². The minimum atomic E-state index is -0.0180. The van der Waals surface area contributed by atoms with Crippen LogP contribution in [0.5, 0.6) is 5.75 Å². The molecule has 17 heavy (non-hydrogen) atoms. The Balaban J connectivity index is 1.96. The molecule has 1 aliphatic carbocycles. The highest BCUT2D eigenvalue weighted by Gasteiger charge is 2.16. The molecule has 0 aromatic heterocycles. The fourth-order valence-corrected chi connectivity index (χ4v) is 2.33.